The third kappa shape index (κ3) is 11.2. The molecule has 0 bridgehead atoms. The number of hydrogen-bond acceptors (Lipinski definition) is 10. The summed E-state index contributed by atoms with van der Waals surface area (Å²) >= 11 is 0. The smallest absolute Gasteiger partial charge is 0.336 e. The Morgan fingerprint density at radius 1 is 0.684 bits per heavy atom. The molecule has 1 aliphatic heterocycles. The van der Waals surface area contributed by atoms with E-state index >= 15 is 0 Å². The molecule has 10 heteroatoms. The van der Waals surface area contributed by atoms with Crippen molar-refractivity contribution in [2.45, 2.75) is 0 Å². The van der Waals surface area contributed by atoms with Crippen molar-refractivity contribution in [2.24, 2.45) is 5.92 Å². The molecule has 38 heavy (non-hydrogen) atoms. The molecule has 3 rings (SSSR count). The number of carbonyl (C=O) groups excluding carboxylic acids is 4. The summed E-state index contributed by atoms with van der Waals surface area (Å²) in [6, 6.07) is 16.9. The zero-order valence-corrected chi connectivity index (χ0v) is 20.7. The van der Waals surface area contributed by atoms with Crippen molar-refractivity contribution in [3.8, 4) is 11.5 Å². The minimum absolute atomic E-state index is 0.0543. The average molecular weight is 524 g/mol. The van der Waals surface area contributed by atoms with E-state index in [0.29, 0.717) is 44.3 Å². The molecule has 200 valence electrons. The molecule has 1 aliphatic rings. The molecule has 0 amide bonds. The Balaban J connectivity index is 1.46. The highest BCUT2D eigenvalue weighted by Gasteiger charge is 2.20. The van der Waals surface area contributed by atoms with Gasteiger partial charge in [0, 0.05) is 49.9 Å². The van der Waals surface area contributed by atoms with Crippen LogP contribution in [0.1, 0.15) is 0 Å². The summed E-state index contributed by atoms with van der Waals surface area (Å²) in [5.74, 6) is -2.56. The molecular formula is C28H29NO9. The summed E-state index contributed by atoms with van der Waals surface area (Å²) in [6.07, 6.45) is 3.91. The Hall–Kier alpha value is -4.28. The first-order valence-corrected chi connectivity index (χ1v) is 12.0. The maximum atomic E-state index is 12.1. The fourth-order valence-corrected chi connectivity index (χ4v) is 3.35. The Labute approximate surface area is 220 Å². The Bertz CT molecular complexity index is 1030. The number of carbonyl (C=O) groups is 4. The third-order valence-electron chi connectivity index (χ3n) is 5.18. The van der Waals surface area contributed by atoms with Crippen molar-refractivity contribution >= 4 is 23.9 Å². The number of hydrogen-bond donors (Lipinski definition) is 0. The van der Waals surface area contributed by atoms with Crippen LogP contribution in [0.5, 0.6) is 11.5 Å². The van der Waals surface area contributed by atoms with Crippen LogP contribution < -0.4 is 9.47 Å². The van der Waals surface area contributed by atoms with Crippen molar-refractivity contribution in [2.75, 3.05) is 46.1 Å². The van der Waals surface area contributed by atoms with Crippen LogP contribution in [0.2, 0.25) is 0 Å². The lowest BCUT2D eigenvalue weighted by molar-refractivity contribution is -0.144. The van der Waals surface area contributed by atoms with E-state index in [0.717, 1.165) is 24.3 Å². The van der Waals surface area contributed by atoms with Gasteiger partial charge >= 0.3 is 23.9 Å². The quantitative estimate of drug-likeness (QED) is 0.233. The van der Waals surface area contributed by atoms with E-state index in [4.69, 9.17) is 23.7 Å². The van der Waals surface area contributed by atoms with E-state index in [9.17, 15) is 19.2 Å². The van der Waals surface area contributed by atoms with Crippen LogP contribution in [0.4, 0.5) is 0 Å². The second kappa shape index (κ2) is 15.7. The summed E-state index contributed by atoms with van der Waals surface area (Å²) in [6.45, 7) is 2.91. The molecule has 0 saturated carbocycles. The van der Waals surface area contributed by atoms with Crippen LogP contribution in [0.3, 0.4) is 0 Å². The van der Waals surface area contributed by atoms with Gasteiger partial charge in [0.15, 0.2) is 0 Å². The number of para-hydroxylation sites is 2. The molecule has 0 aliphatic carbocycles. The number of esters is 4. The standard InChI is InChI=1S/C28H29NO9/c30-25(11-13-27(32)37-23-7-3-1-4-8-23)35-20-22(19-29-15-17-34-18-16-29)21-36-26(31)12-14-28(33)38-24-9-5-2-6-10-24/h1-14,22H,15-21H2/b13-11+,14-12+. The van der Waals surface area contributed by atoms with Gasteiger partial charge in [-0.25, -0.2) is 19.2 Å². The SMILES string of the molecule is O=C(/C=C/C(=O)Oc1ccccc1)OCC(COC(=O)/C=C/C(=O)Oc1ccccc1)CN1CCOCC1. The zero-order chi connectivity index (χ0) is 27.0. The van der Waals surface area contributed by atoms with Crippen LogP contribution in [0.25, 0.3) is 0 Å². The molecule has 1 heterocycles. The molecule has 0 radical (unpaired) electrons. The predicted octanol–water partition coefficient (Wildman–Crippen LogP) is 2.34. The molecule has 1 fully saturated rings. The number of morpholine rings is 1. The van der Waals surface area contributed by atoms with Gasteiger partial charge in [-0.3, -0.25) is 4.90 Å². The minimum atomic E-state index is -0.739. The minimum Gasteiger partial charge on any atom is -0.462 e. The van der Waals surface area contributed by atoms with Gasteiger partial charge in [0.25, 0.3) is 0 Å². The van der Waals surface area contributed by atoms with Gasteiger partial charge in [0.05, 0.1) is 26.4 Å². The summed E-state index contributed by atoms with van der Waals surface area (Å²) < 4.78 is 26.0. The van der Waals surface area contributed by atoms with E-state index in [2.05, 4.69) is 4.90 Å². The van der Waals surface area contributed by atoms with Crippen LogP contribution in [-0.2, 0) is 33.4 Å². The molecule has 0 atom stereocenters. The van der Waals surface area contributed by atoms with Crippen molar-refractivity contribution in [3.05, 3.63) is 85.0 Å². The van der Waals surface area contributed by atoms with Gasteiger partial charge < -0.3 is 23.7 Å². The Kier molecular flexibility index (Phi) is 11.7. The number of rotatable bonds is 12. The Morgan fingerprint density at radius 2 is 1.11 bits per heavy atom. The monoisotopic (exact) mass is 523 g/mol. The molecule has 1 saturated heterocycles. The molecule has 0 unspecified atom stereocenters. The molecule has 0 aromatic heterocycles. The van der Waals surface area contributed by atoms with Crippen LogP contribution in [-0.4, -0.2) is 74.8 Å². The lowest BCUT2D eigenvalue weighted by atomic mass is 10.1. The summed E-state index contributed by atoms with van der Waals surface area (Å²) in [4.78, 5) is 50.1. The summed E-state index contributed by atoms with van der Waals surface area (Å²) in [5.41, 5.74) is 0. The van der Waals surface area contributed by atoms with Crippen LogP contribution >= 0.6 is 0 Å². The normalized spacial score (nSPS) is 13.9. The van der Waals surface area contributed by atoms with Gasteiger partial charge in [-0.2, -0.15) is 0 Å². The van der Waals surface area contributed by atoms with E-state index in [-0.39, 0.29) is 19.1 Å². The first kappa shape index (κ1) is 28.3. The van der Waals surface area contributed by atoms with E-state index in [1.54, 1.807) is 60.7 Å². The summed E-state index contributed by atoms with van der Waals surface area (Å²) in [5, 5.41) is 0. The second-order valence-corrected chi connectivity index (χ2v) is 8.17. The lowest BCUT2D eigenvalue weighted by Gasteiger charge is -2.30. The van der Waals surface area contributed by atoms with Gasteiger partial charge in [-0.15, -0.1) is 0 Å². The fraction of sp³-hybridized carbons (Fsp3) is 0.286. The van der Waals surface area contributed by atoms with Crippen molar-refractivity contribution in [3.63, 3.8) is 0 Å². The first-order valence-electron chi connectivity index (χ1n) is 12.0. The van der Waals surface area contributed by atoms with E-state index < -0.39 is 23.9 Å². The number of benzene rings is 2. The lowest BCUT2D eigenvalue weighted by Crippen LogP contribution is -2.41. The fourth-order valence-electron chi connectivity index (χ4n) is 3.35. The van der Waals surface area contributed by atoms with Crippen molar-refractivity contribution in [1.82, 2.24) is 4.90 Å². The number of nitrogens with zero attached hydrogens (tertiary/aromatic N) is 1. The molecule has 2 aromatic carbocycles. The maximum absolute atomic E-state index is 12.1. The van der Waals surface area contributed by atoms with Crippen molar-refractivity contribution < 1.29 is 42.9 Å². The van der Waals surface area contributed by atoms with Gasteiger partial charge in [-0.05, 0) is 24.3 Å². The zero-order valence-electron chi connectivity index (χ0n) is 20.7. The van der Waals surface area contributed by atoms with E-state index in [1.165, 1.54) is 0 Å². The molecule has 0 spiro atoms. The predicted molar refractivity (Wildman–Crippen MR) is 135 cm³/mol. The molecular weight excluding hydrogens is 494 g/mol. The highest BCUT2D eigenvalue weighted by molar-refractivity contribution is 5.93. The highest BCUT2D eigenvalue weighted by atomic mass is 16.6. The van der Waals surface area contributed by atoms with Gasteiger partial charge in [-0.1, -0.05) is 36.4 Å². The molecule has 2 aromatic rings. The average Bonchev–Trinajstić information content (AvgIpc) is 2.94. The number of ether oxygens (including phenoxy) is 5. The van der Waals surface area contributed by atoms with Crippen LogP contribution in [0.15, 0.2) is 85.0 Å². The van der Waals surface area contributed by atoms with Gasteiger partial charge in [0.1, 0.15) is 11.5 Å². The van der Waals surface area contributed by atoms with Gasteiger partial charge in [0.2, 0.25) is 0 Å². The summed E-state index contributed by atoms with van der Waals surface area (Å²) in [7, 11) is 0. The second-order valence-electron chi connectivity index (χ2n) is 8.17. The van der Waals surface area contributed by atoms with E-state index in [1.807, 2.05) is 0 Å². The first-order chi connectivity index (χ1) is 18.5. The molecule has 10 nitrogen and oxygen atoms in total. The Morgan fingerprint density at radius 3 is 1.55 bits per heavy atom. The third-order valence-corrected chi connectivity index (χ3v) is 5.18. The maximum Gasteiger partial charge on any atom is 0.336 e. The van der Waals surface area contributed by atoms with Crippen molar-refractivity contribution in [1.29, 1.82) is 0 Å². The highest BCUT2D eigenvalue weighted by Crippen LogP contribution is 2.10. The topological polar surface area (TPSA) is 118 Å². The molecule has 0 N–H and O–H groups in total. The largest absolute Gasteiger partial charge is 0.462 e. The van der Waals surface area contributed by atoms with Crippen LogP contribution in [0, 0.1) is 5.92 Å².